The number of rotatable bonds is 5. The van der Waals surface area contributed by atoms with Gasteiger partial charge in [-0.1, -0.05) is 11.6 Å². The van der Waals surface area contributed by atoms with Crippen LogP contribution in [0.15, 0.2) is 24.3 Å². The third-order valence-electron chi connectivity index (χ3n) is 3.60. The van der Waals surface area contributed by atoms with Crippen LogP contribution in [0.1, 0.15) is 19.8 Å². The van der Waals surface area contributed by atoms with Crippen LogP contribution in [0.2, 0.25) is 5.02 Å². The van der Waals surface area contributed by atoms with Crippen molar-refractivity contribution in [3.8, 4) is 5.75 Å². The standard InChI is InChI=1S/C16H21ClN2O4/c1-2-22-15(20)12-4-3-9-19(10-12)16(21)18-11-23-14-7-5-13(17)6-8-14/h5-8,12H,2-4,9-11H2,1H3,(H,18,21). The summed E-state index contributed by atoms with van der Waals surface area (Å²) in [6, 6.07) is 6.65. The van der Waals surface area contributed by atoms with E-state index in [0.29, 0.717) is 30.5 Å². The molecule has 126 valence electrons. The van der Waals surface area contributed by atoms with Crippen LogP contribution in [0.4, 0.5) is 4.79 Å². The number of benzene rings is 1. The zero-order valence-corrected chi connectivity index (χ0v) is 13.8. The third kappa shape index (κ3) is 5.32. The molecule has 0 saturated carbocycles. The van der Waals surface area contributed by atoms with Crippen LogP contribution in [-0.4, -0.2) is 43.3 Å². The first-order valence-corrected chi connectivity index (χ1v) is 8.05. The molecule has 7 heteroatoms. The summed E-state index contributed by atoms with van der Waals surface area (Å²) in [4.78, 5) is 25.5. The van der Waals surface area contributed by atoms with Crippen LogP contribution in [0.3, 0.4) is 0 Å². The van der Waals surface area contributed by atoms with Gasteiger partial charge in [0, 0.05) is 18.1 Å². The number of urea groups is 1. The summed E-state index contributed by atoms with van der Waals surface area (Å²) >= 11 is 5.79. The highest BCUT2D eigenvalue weighted by Gasteiger charge is 2.29. The maximum absolute atomic E-state index is 12.1. The molecule has 6 nitrogen and oxygen atoms in total. The van der Waals surface area contributed by atoms with Crippen molar-refractivity contribution in [3.05, 3.63) is 29.3 Å². The van der Waals surface area contributed by atoms with E-state index in [-0.39, 0.29) is 24.6 Å². The summed E-state index contributed by atoms with van der Waals surface area (Å²) in [6.45, 7) is 3.20. The van der Waals surface area contributed by atoms with Crippen molar-refractivity contribution >= 4 is 23.6 Å². The Balaban J connectivity index is 1.76. The van der Waals surface area contributed by atoms with E-state index in [4.69, 9.17) is 21.1 Å². The molecule has 2 amide bonds. The number of esters is 1. The molecule has 23 heavy (non-hydrogen) atoms. The van der Waals surface area contributed by atoms with Gasteiger partial charge in [-0.15, -0.1) is 0 Å². The van der Waals surface area contributed by atoms with E-state index in [1.807, 2.05) is 0 Å². The van der Waals surface area contributed by atoms with Gasteiger partial charge in [0.1, 0.15) is 5.75 Å². The van der Waals surface area contributed by atoms with E-state index in [1.165, 1.54) is 0 Å². The smallest absolute Gasteiger partial charge is 0.320 e. The molecule has 0 radical (unpaired) electrons. The molecule has 1 unspecified atom stereocenters. The van der Waals surface area contributed by atoms with E-state index in [2.05, 4.69) is 5.32 Å². The first-order chi connectivity index (χ1) is 11.1. The summed E-state index contributed by atoms with van der Waals surface area (Å²) in [5, 5.41) is 3.31. The normalized spacial score (nSPS) is 17.5. The van der Waals surface area contributed by atoms with Gasteiger partial charge in [-0.25, -0.2) is 4.79 Å². The van der Waals surface area contributed by atoms with Gasteiger partial charge in [0.2, 0.25) is 0 Å². The molecule has 0 bridgehead atoms. The lowest BCUT2D eigenvalue weighted by Crippen LogP contribution is -2.48. The summed E-state index contributed by atoms with van der Waals surface area (Å²) < 4.78 is 10.5. The van der Waals surface area contributed by atoms with E-state index in [0.717, 1.165) is 12.8 Å². The van der Waals surface area contributed by atoms with Crippen LogP contribution in [-0.2, 0) is 9.53 Å². The van der Waals surface area contributed by atoms with Crippen molar-refractivity contribution in [3.63, 3.8) is 0 Å². The van der Waals surface area contributed by atoms with Gasteiger partial charge in [0.25, 0.3) is 0 Å². The lowest BCUT2D eigenvalue weighted by Gasteiger charge is -2.31. The van der Waals surface area contributed by atoms with Crippen LogP contribution >= 0.6 is 11.6 Å². The molecule has 2 rings (SSSR count). The molecular weight excluding hydrogens is 320 g/mol. The number of halogens is 1. The van der Waals surface area contributed by atoms with Gasteiger partial charge in [0.15, 0.2) is 6.73 Å². The van der Waals surface area contributed by atoms with E-state index in [9.17, 15) is 9.59 Å². The van der Waals surface area contributed by atoms with Crippen LogP contribution < -0.4 is 10.1 Å². The monoisotopic (exact) mass is 340 g/mol. The van der Waals surface area contributed by atoms with Gasteiger partial charge in [-0.05, 0) is 44.0 Å². The summed E-state index contributed by atoms with van der Waals surface area (Å²) in [7, 11) is 0. The molecule has 1 aliphatic rings. The Morgan fingerprint density at radius 2 is 2.09 bits per heavy atom. The number of carbonyl (C=O) groups excluding carboxylic acids is 2. The van der Waals surface area contributed by atoms with Crippen LogP contribution in [0.5, 0.6) is 5.75 Å². The zero-order valence-electron chi connectivity index (χ0n) is 13.1. The first-order valence-electron chi connectivity index (χ1n) is 7.68. The second kappa shape index (κ2) is 8.62. The SMILES string of the molecule is CCOC(=O)C1CCCN(C(=O)NCOc2ccc(Cl)cc2)C1. The van der Waals surface area contributed by atoms with Gasteiger partial charge in [-0.2, -0.15) is 0 Å². The molecule has 1 atom stereocenters. The van der Waals surface area contributed by atoms with Crippen LogP contribution in [0, 0.1) is 5.92 Å². The molecule has 1 aromatic rings. The van der Waals surface area contributed by atoms with Gasteiger partial charge in [0.05, 0.1) is 12.5 Å². The maximum Gasteiger partial charge on any atom is 0.320 e. The predicted molar refractivity (Wildman–Crippen MR) is 86.4 cm³/mol. The molecule has 1 aliphatic heterocycles. The molecule has 0 aliphatic carbocycles. The number of nitrogens with one attached hydrogen (secondary N) is 1. The Kier molecular flexibility index (Phi) is 6.52. The Hall–Kier alpha value is -1.95. The average molecular weight is 341 g/mol. The topological polar surface area (TPSA) is 67.9 Å². The molecule has 1 aromatic carbocycles. The lowest BCUT2D eigenvalue weighted by molar-refractivity contribution is -0.149. The number of hydrogen-bond acceptors (Lipinski definition) is 4. The number of piperidine rings is 1. The number of hydrogen-bond donors (Lipinski definition) is 1. The van der Waals surface area contributed by atoms with Crippen molar-refractivity contribution in [2.75, 3.05) is 26.4 Å². The van der Waals surface area contributed by atoms with Gasteiger partial charge in [-0.3, -0.25) is 4.79 Å². The first kappa shape index (κ1) is 17.4. The number of carbonyl (C=O) groups is 2. The van der Waals surface area contributed by atoms with E-state index >= 15 is 0 Å². The van der Waals surface area contributed by atoms with Crippen molar-refractivity contribution in [2.24, 2.45) is 5.92 Å². The molecule has 1 heterocycles. The molecule has 1 saturated heterocycles. The van der Waals surface area contributed by atoms with Gasteiger partial charge >= 0.3 is 12.0 Å². The van der Waals surface area contributed by atoms with Crippen molar-refractivity contribution in [1.82, 2.24) is 10.2 Å². The third-order valence-corrected chi connectivity index (χ3v) is 3.86. The van der Waals surface area contributed by atoms with Gasteiger partial charge < -0.3 is 19.7 Å². The highest BCUT2D eigenvalue weighted by atomic mass is 35.5. The fourth-order valence-corrected chi connectivity index (χ4v) is 2.56. The van der Waals surface area contributed by atoms with Crippen LogP contribution in [0.25, 0.3) is 0 Å². The average Bonchev–Trinajstić information content (AvgIpc) is 2.57. The summed E-state index contributed by atoms with van der Waals surface area (Å²) in [6.07, 6.45) is 1.54. The largest absolute Gasteiger partial charge is 0.473 e. The number of ether oxygens (including phenoxy) is 2. The van der Waals surface area contributed by atoms with Crippen molar-refractivity contribution in [2.45, 2.75) is 19.8 Å². The minimum Gasteiger partial charge on any atom is -0.473 e. The number of amides is 2. The van der Waals surface area contributed by atoms with E-state index in [1.54, 1.807) is 36.1 Å². The summed E-state index contributed by atoms with van der Waals surface area (Å²) in [5.41, 5.74) is 0. The fourth-order valence-electron chi connectivity index (χ4n) is 2.44. The Labute approximate surface area is 140 Å². The Bertz CT molecular complexity index is 535. The minimum atomic E-state index is -0.244. The summed E-state index contributed by atoms with van der Waals surface area (Å²) in [5.74, 6) is 0.145. The number of likely N-dealkylation sites (tertiary alicyclic amines) is 1. The molecule has 0 aromatic heterocycles. The highest BCUT2D eigenvalue weighted by molar-refractivity contribution is 6.30. The van der Waals surface area contributed by atoms with Crippen molar-refractivity contribution < 1.29 is 19.1 Å². The van der Waals surface area contributed by atoms with E-state index < -0.39 is 0 Å². The highest BCUT2D eigenvalue weighted by Crippen LogP contribution is 2.18. The quantitative estimate of drug-likeness (QED) is 0.661. The minimum absolute atomic E-state index is 0.0566. The maximum atomic E-state index is 12.1. The molecule has 1 N–H and O–H groups in total. The molecule has 0 spiro atoms. The predicted octanol–water partition coefficient (Wildman–Crippen LogP) is 2.66. The number of nitrogens with zero attached hydrogens (tertiary/aromatic N) is 1. The Morgan fingerprint density at radius 1 is 1.35 bits per heavy atom. The van der Waals surface area contributed by atoms with Crippen molar-refractivity contribution in [1.29, 1.82) is 0 Å². The zero-order chi connectivity index (χ0) is 16.7. The second-order valence-corrected chi connectivity index (χ2v) is 5.70. The molecule has 1 fully saturated rings. The second-order valence-electron chi connectivity index (χ2n) is 5.26. The Morgan fingerprint density at radius 3 is 2.78 bits per heavy atom. The molecular formula is C16H21ClN2O4. The fraction of sp³-hybridized carbons (Fsp3) is 0.500. The lowest BCUT2D eigenvalue weighted by atomic mass is 9.98.